The van der Waals surface area contributed by atoms with Crippen LogP contribution in [0.5, 0.6) is 5.88 Å². The molecule has 0 fully saturated rings. The van der Waals surface area contributed by atoms with Crippen molar-refractivity contribution in [1.29, 1.82) is 0 Å². The van der Waals surface area contributed by atoms with E-state index >= 15 is 0 Å². The third kappa shape index (κ3) is 2.23. The van der Waals surface area contributed by atoms with Crippen LogP contribution in [0.2, 0.25) is 0 Å². The highest BCUT2D eigenvalue weighted by molar-refractivity contribution is 5.28. The average molecular weight is 219 g/mol. The highest BCUT2D eigenvalue weighted by atomic mass is 16.5. The third-order valence-corrected chi connectivity index (χ3v) is 2.33. The van der Waals surface area contributed by atoms with Crippen molar-refractivity contribution in [1.82, 2.24) is 4.98 Å². The van der Waals surface area contributed by atoms with Crippen LogP contribution in [0.1, 0.15) is 17.4 Å². The molecule has 0 bridgehead atoms. The van der Waals surface area contributed by atoms with Crippen LogP contribution in [-0.2, 0) is 6.42 Å². The van der Waals surface area contributed by atoms with E-state index in [1.807, 2.05) is 6.07 Å². The smallest absolute Gasteiger partial charge is 0.218 e. The molecule has 0 saturated carbocycles. The van der Waals surface area contributed by atoms with Crippen molar-refractivity contribution in [3.8, 4) is 5.88 Å². The normalized spacial score (nSPS) is 12.4. The molecular formula is C12H13NO3. The zero-order valence-corrected chi connectivity index (χ0v) is 8.96. The molecule has 0 amide bonds. The Bertz CT molecular complexity index is 439. The molecule has 1 atom stereocenters. The van der Waals surface area contributed by atoms with Gasteiger partial charge >= 0.3 is 0 Å². The number of ether oxygens (including phenoxy) is 1. The molecule has 0 aliphatic rings. The molecule has 2 heterocycles. The van der Waals surface area contributed by atoms with E-state index < -0.39 is 6.10 Å². The SMILES string of the molecule is COc1ncccc1C(O)Cc1ccco1. The van der Waals surface area contributed by atoms with Crippen molar-refractivity contribution >= 4 is 0 Å². The van der Waals surface area contributed by atoms with Crippen molar-refractivity contribution in [3.63, 3.8) is 0 Å². The Labute approximate surface area is 93.5 Å². The summed E-state index contributed by atoms with van der Waals surface area (Å²) in [5.74, 6) is 1.18. The van der Waals surface area contributed by atoms with E-state index in [1.165, 1.54) is 7.11 Å². The number of pyridine rings is 1. The predicted octanol–water partition coefficient (Wildman–Crippen LogP) is 1.96. The maximum atomic E-state index is 10.0. The Morgan fingerprint density at radius 3 is 3.00 bits per heavy atom. The summed E-state index contributed by atoms with van der Waals surface area (Å²) in [6, 6.07) is 7.18. The summed E-state index contributed by atoms with van der Waals surface area (Å²) in [6.45, 7) is 0. The first-order chi connectivity index (χ1) is 7.81. The van der Waals surface area contributed by atoms with Gasteiger partial charge in [-0.2, -0.15) is 0 Å². The number of aromatic nitrogens is 1. The third-order valence-electron chi connectivity index (χ3n) is 2.33. The zero-order chi connectivity index (χ0) is 11.4. The van der Waals surface area contributed by atoms with Crippen LogP contribution in [0.4, 0.5) is 0 Å². The summed E-state index contributed by atoms with van der Waals surface area (Å²) < 4.78 is 10.3. The lowest BCUT2D eigenvalue weighted by Crippen LogP contribution is -2.04. The summed E-state index contributed by atoms with van der Waals surface area (Å²) in [5.41, 5.74) is 0.668. The van der Waals surface area contributed by atoms with Crippen LogP contribution < -0.4 is 4.74 Å². The molecule has 4 heteroatoms. The fourth-order valence-electron chi connectivity index (χ4n) is 1.56. The fraction of sp³-hybridized carbons (Fsp3) is 0.250. The number of methoxy groups -OCH3 is 1. The second-order valence-electron chi connectivity index (χ2n) is 3.40. The lowest BCUT2D eigenvalue weighted by atomic mass is 10.1. The van der Waals surface area contributed by atoms with Crippen LogP contribution in [0, 0.1) is 0 Å². The zero-order valence-electron chi connectivity index (χ0n) is 8.96. The number of aliphatic hydroxyl groups excluding tert-OH is 1. The Hall–Kier alpha value is -1.81. The minimum atomic E-state index is -0.671. The van der Waals surface area contributed by atoms with Crippen molar-refractivity contribution in [2.24, 2.45) is 0 Å². The lowest BCUT2D eigenvalue weighted by Gasteiger charge is -2.12. The average Bonchev–Trinajstić information content (AvgIpc) is 2.81. The van der Waals surface area contributed by atoms with Crippen molar-refractivity contribution < 1.29 is 14.3 Å². The molecule has 1 unspecified atom stereocenters. The van der Waals surface area contributed by atoms with E-state index in [-0.39, 0.29) is 0 Å². The van der Waals surface area contributed by atoms with E-state index in [0.29, 0.717) is 17.9 Å². The molecule has 2 aromatic rings. The second-order valence-corrected chi connectivity index (χ2v) is 3.40. The lowest BCUT2D eigenvalue weighted by molar-refractivity contribution is 0.165. The van der Waals surface area contributed by atoms with Gasteiger partial charge in [-0.05, 0) is 24.3 Å². The minimum Gasteiger partial charge on any atom is -0.481 e. The first kappa shape index (κ1) is 10.7. The molecule has 0 radical (unpaired) electrons. The van der Waals surface area contributed by atoms with Crippen molar-refractivity contribution in [2.45, 2.75) is 12.5 Å². The van der Waals surface area contributed by atoms with Gasteiger partial charge in [0.25, 0.3) is 0 Å². The molecular weight excluding hydrogens is 206 g/mol. The van der Waals surface area contributed by atoms with Gasteiger partial charge in [0.05, 0.1) is 19.5 Å². The van der Waals surface area contributed by atoms with E-state index in [1.54, 1.807) is 30.7 Å². The second kappa shape index (κ2) is 4.81. The molecule has 0 aliphatic heterocycles. The molecule has 2 rings (SSSR count). The van der Waals surface area contributed by atoms with Gasteiger partial charge in [-0.15, -0.1) is 0 Å². The highest BCUT2D eigenvalue weighted by Crippen LogP contribution is 2.25. The van der Waals surface area contributed by atoms with Gasteiger partial charge < -0.3 is 14.3 Å². The largest absolute Gasteiger partial charge is 0.481 e. The fourth-order valence-corrected chi connectivity index (χ4v) is 1.56. The molecule has 0 aliphatic carbocycles. The molecule has 16 heavy (non-hydrogen) atoms. The van der Waals surface area contributed by atoms with Gasteiger partial charge in [-0.1, -0.05) is 0 Å². The first-order valence-electron chi connectivity index (χ1n) is 5.00. The first-order valence-corrected chi connectivity index (χ1v) is 5.00. The number of aliphatic hydroxyl groups is 1. The van der Waals surface area contributed by atoms with Gasteiger partial charge in [0.1, 0.15) is 5.76 Å². The molecule has 4 nitrogen and oxygen atoms in total. The molecule has 2 aromatic heterocycles. The van der Waals surface area contributed by atoms with Gasteiger partial charge in [0, 0.05) is 18.2 Å². The molecule has 84 valence electrons. The number of hydrogen-bond acceptors (Lipinski definition) is 4. The Balaban J connectivity index is 2.17. The molecule has 1 N–H and O–H groups in total. The Morgan fingerprint density at radius 1 is 1.44 bits per heavy atom. The minimum absolute atomic E-state index is 0.412. The van der Waals surface area contributed by atoms with Crippen LogP contribution in [-0.4, -0.2) is 17.2 Å². The number of nitrogens with zero attached hydrogens (tertiary/aromatic N) is 1. The van der Waals surface area contributed by atoms with E-state index in [9.17, 15) is 5.11 Å². The van der Waals surface area contributed by atoms with Gasteiger partial charge in [-0.25, -0.2) is 4.98 Å². The van der Waals surface area contributed by atoms with E-state index in [0.717, 1.165) is 5.76 Å². The maximum absolute atomic E-state index is 10.0. The molecule has 0 saturated heterocycles. The maximum Gasteiger partial charge on any atom is 0.218 e. The van der Waals surface area contributed by atoms with Crippen molar-refractivity contribution in [3.05, 3.63) is 48.0 Å². The number of rotatable bonds is 4. The summed E-state index contributed by atoms with van der Waals surface area (Å²) in [4.78, 5) is 4.03. The summed E-state index contributed by atoms with van der Waals surface area (Å²) in [5, 5.41) is 10.0. The van der Waals surface area contributed by atoms with Crippen LogP contribution in [0.25, 0.3) is 0 Å². The predicted molar refractivity (Wildman–Crippen MR) is 58.2 cm³/mol. The number of hydrogen-bond donors (Lipinski definition) is 1. The monoisotopic (exact) mass is 219 g/mol. The Kier molecular flexibility index (Phi) is 3.22. The topological polar surface area (TPSA) is 55.5 Å². The molecule has 0 aromatic carbocycles. The highest BCUT2D eigenvalue weighted by Gasteiger charge is 2.15. The van der Waals surface area contributed by atoms with E-state index in [4.69, 9.17) is 9.15 Å². The van der Waals surface area contributed by atoms with Gasteiger partial charge in [0.15, 0.2) is 0 Å². The van der Waals surface area contributed by atoms with Crippen LogP contribution >= 0.6 is 0 Å². The number of furan rings is 1. The van der Waals surface area contributed by atoms with E-state index in [2.05, 4.69) is 4.98 Å². The van der Waals surface area contributed by atoms with Gasteiger partial charge in [-0.3, -0.25) is 0 Å². The van der Waals surface area contributed by atoms with Gasteiger partial charge in [0.2, 0.25) is 5.88 Å². The Morgan fingerprint density at radius 2 is 2.31 bits per heavy atom. The summed E-state index contributed by atoms with van der Waals surface area (Å²) >= 11 is 0. The summed E-state index contributed by atoms with van der Waals surface area (Å²) in [7, 11) is 1.53. The van der Waals surface area contributed by atoms with Crippen LogP contribution in [0.3, 0.4) is 0 Å². The summed E-state index contributed by atoms with van der Waals surface area (Å²) in [6.07, 6.45) is 2.95. The van der Waals surface area contributed by atoms with Crippen molar-refractivity contribution in [2.75, 3.05) is 7.11 Å². The van der Waals surface area contributed by atoms with Crippen LogP contribution in [0.15, 0.2) is 41.1 Å². The quantitative estimate of drug-likeness (QED) is 0.854. The standard InChI is InChI=1S/C12H13NO3/c1-15-12-10(5-2-6-13-12)11(14)8-9-4-3-7-16-9/h2-7,11,14H,8H2,1H3. The molecule has 0 spiro atoms.